The summed E-state index contributed by atoms with van der Waals surface area (Å²) in [6.45, 7) is 0. The standard InChI is InChI=1S/C34H33NO5S/c1-35-30-25-12-14-26(36)31-33(25)20-34(30,35)24-13-15-27(29(38-31)28(24)33)40-41(37)39-23-16-18-32(19-17-23,21-8-4-2-5-9-21)22-10-6-3-7-11-22/h2-15,23,25-26,30-31,36H,16-20H2,1H3. The van der Waals surface area contributed by atoms with Gasteiger partial charge in [0.25, 0.3) is 0 Å². The van der Waals surface area contributed by atoms with Gasteiger partial charge in [-0.2, -0.15) is 4.21 Å². The SMILES string of the molecule is CN1C2C3C=CC(O)C4Oc5c(OS(=O)OC6CCC(c7ccccc7)(c7ccccc7)CC6)ccc6c5C34CC621. The predicted octanol–water partition coefficient (Wildman–Crippen LogP) is 5.06. The first-order valence-corrected chi connectivity index (χ1v) is 15.8. The lowest BCUT2D eigenvalue weighted by atomic mass is 9.64. The molecule has 41 heavy (non-hydrogen) atoms. The van der Waals surface area contributed by atoms with E-state index in [2.05, 4.69) is 84.8 Å². The molecule has 2 spiro atoms. The van der Waals surface area contributed by atoms with Crippen LogP contribution in [0.5, 0.6) is 11.5 Å². The summed E-state index contributed by atoms with van der Waals surface area (Å²) in [5, 5.41) is 10.9. The number of fused-ring (bicyclic) bond motifs is 1. The van der Waals surface area contributed by atoms with Crippen molar-refractivity contribution >= 4 is 11.4 Å². The fourth-order valence-electron chi connectivity index (χ4n) is 9.67. The van der Waals surface area contributed by atoms with Gasteiger partial charge in [0.15, 0.2) is 11.5 Å². The summed E-state index contributed by atoms with van der Waals surface area (Å²) < 4.78 is 31.8. The fourth-order valence-corrected chi connectivity index (χ4v) is 10.4. The molecule has 2 heterocycles. The lowest BCUT2D eigenvalue weighted by Gasteiger charge is -2.40. The molecule has 3 aromatic carbocycles. The topological polar surface area (TPSA) is 68.0 Å². The van der Waals surface area contributed by atoms with Gasteiger partial charge in [-0.1, -0.05) is 78.9 Å². The van der Waals surface area contributed by atoms with E-state index in [1.807, 2.05) is 12.1 Å². The minimum absolute atomic E-state index is 0.0193. The zero-order chi connectivity index (χ0) is 27.6. The van der Waals surface area contributed by atoms with E-state index in [0.717, 1.165) is 37.7 Å². The summed E-state index contributed by atoms with van der Waals surface area (Å²) >= 11 is -1.97. The third-order valence-electron chi connectivity index (χ3n) is 11.4. The lowest BCUT2D eigenvalue weighted by Crippen LogP contribution is -2.51. The highest BCUT2D eigenvalue weighted by Crippen LogP contribution is 2.80. The van der Waals surface area contributed by atoms with E-state index in [4.69, 9.17) is 13.1 Å². The summed E-state index contributed by atoms with van der Waals surface area (Å²) in [6.07, 6.45) is 7.25. The maximum absolute atomic E-state index is 13.3. The van der Waals surface area contributed by atoms with Gasteiger partial charge in [-0.3, -0.25) is 9.08 Å². The Morgan fingerprint density at radius 2 is 1.63 bits per heavy atom. The number of likely N-dealkylation sites (N-methyl/N-ethyl adjacent to an activating group) is 1. The maximum Gasteiger partial charge on any atom is 0.360 e. The highest BCUT2D eigenvalue weighted by atomic mass is 32.2. The van der Waals surface area contributed by atoms with Crippen LogP contribution < -0.4 is 8.92 Å². The molecular weight excluding hydrogens is 534 g/mol. The minimum atomic E-state index is -1.97. The van der Waals surface area contributed by atoms with Gasteiger partial charge in [0, 0.05) is 28.4 Å². The van der Waals surface area contributed by atoms with Gasteiger partial charge in [0.2, 0.25) is 0 Å². The molecule has 6 nitrogen and oxygen atoms in total. The maximum atomic E-state index is 13.3. The number of ether oxygens (including phenoxy) is 1. The van der Waals surface area contributed by atoms with Crippen LogP contribution in [0.15, 0.2) is 84.9 Å². The molecule has 8 unspecified atom stereocenters. The molecule has 0 aromatic heterocycles. The van der Waals surface area contributed by atoms with E-state index in [-0.39, 0.29) is 28.6 Å². The predicted molar refractivity (Wildman–Crippen MR) is 155 cm³/mol. The van der Waals surface area contributed by atoms with Gasteiger partial charge in [-0.25, -0.2) is 0 Å². The number of hydrogen-bond donors (Lipinski definition) is 1. The number of benzene rings is 3. The van der Waals surface area contributed by atoms with E-state index < -0.39 is 17.5 Å². The highest BCUT2D eigenvalue weighted by Gasteiger charge is 2.84. The molecule has 6 aliphatic rings. The zero-order valence-electron chi connectivity index (χ0n) is 22.9. The van der Waals surface area contributed by atoms with E-state index in [1.54, 1.807) is 0 Å². The second-order valence-corrected chi connectivity index (χ2v) is 13.6. The number of rotatable bonds is 6. The molecule has 210 valence electrons. The monoisotopic (exact) mass is 567 g/mol. The van der Waals surface area contributed by atoms with Gasteiger partial charge in [-0.15, -0.1) is 0 Å². The van der Waals surface area contributed by atoms with Crippen molar-refractivity contribution in [3.8, 4) is 11.5 Å². The van der Waals surface area contributed by atoms with Crippen LogP contribution in [0.2, 0.25) is 0 Å². The van der Waals surface area contributed by atoms with Crippen LogP contribution in [0, 0.1) is 5.92 Å². The smallest absolute Gasteiger partial charge is 0.360 e. The number of aliphatic hydroxyl groups is 1. The Kier molecular flexibility index (Phi) is 4.99. The molecule has 2 saturated carbocycles. The van der Waals surface area contributed by atoms with Crippen molar-refractivity contribution in [3.05, 3.63) is 107 Å². The first-order chi connectivity index (χ1) is 20.0. The summed E-state index contributed by atoms with van der Waals surface area (Å²) in [6, 6.07) is 25.9. The Morgan fingerprint density at radius 1 is 0.951 bits per heavy atom. The molecule has 3 fully saturated rings. The van der Waals surface area contributed by atoms with Crippen LogP contribution in [0.1, 0.15) is 54.4 Å². The number of nitrogens with zero attached hydrogens (tertiary/aromatic N) is 1. The molecule has 2 bridgehead atoms. The summed E-state index contributed by atoms with van der Waals surface area (Å²) in [4.78, 5) is 2.46. The van der Waals surface area contributed by atoms with Crippen molar-refractivity contribution in [3.63, 3.8) is 0 Å². The van der Waals surface area contributed by atoms with Crippen LogP contribution >= 0.6 is 0 Å². The van der Waals surface area contributed by atoms with Crippen molar-refractivity contribution in [2.24, 2.45) is 5.92 Å². The normalized spacial score (nSPS) is 37.3. The summed E-state index contributed by atoms with van der Waals surface area (Å²) in [5.74, 6) is 1.39. The van der Waals surface area contributed by atoms with E-state index in [9.17, 15) is 9.32 Å². The first kappa shape index (κ1) is 24.6. The molecule has 0 amide bonds. The van der Waals surface area contributed by atoms with Gasteiger partial charge >= 0.3 is 11.4 Å². The third-order valence-corrected chi connectivity index (χ3v) is 12.2. The Hall–Kier alpha value is -2.97. The van der Waals surface area contributed by atoms with E-state index in [1.165, 1.54) is 16.7 Å². The van der Waals surface area contributed by atoms with Gasteiger partial charge in [-0.05, 0) is 61.9 Å². The average Bonchev–Trinajstić information content (AvgIpc) is 3.28. The van der Waals surface area contributed by atoms with Crippen LogP contribution in [0.25, 0.3) is 0 Å². The molecule has 0 radical (unpaired) electrons. The second kappa shape index (κ2) is 8.32. The number of piperidine rings is 1. The largest absolute Gasteiger partial charge is 0.482 e. The lowest BCUT2D eigenvalue weighted by molar-refractivity contribution is 0.00631. The van der Waals surface area contributed by atoms with Crippen LogP contribution in [-0.4, -0.2) is 45.6 Å². The molecule has 7 heteroatoms. The molecule has 1 saturated heterocycles. The van der Waals surface area contributed by atoms with Crippen molar-refractivity contribution in [2.45, 2.75) is 72.8 Å². The van der Waals surface area contributed by atoms with Gasteiger partial charge in [0.1, 0.15) is 12.2 Å². The van der Waals surface area contributed by atoms with Crippen LogP contribution in [0.3, 0.4) is 0 Å². The van der Waals surface area contributed by atoms with E-state index >= 15 is 0 Å². The van der Waals surface area contributed by atoms with Gasteiger partial charge < -0.3 is 14.0 Å². The summed E-state index contributed by atoms with van der Waals surface area (Å²) in [5.41, 5.74) is 4.76. The van der Waals surface area contributed by atoms with Crippen molar-refractivity contribution in [1.29, 1.82) is 0 Å². The Morgan fingerprint density at radius 3 is 2.32 bits per heavy atom. The van der Waals surface area contributed by atoms with Crippen LogP contribution in [0.4, 0.5) is 0 Å². The quantitative estimate of drug-likeness (QED) is 0.332. The Balaban J connectivity index is 0.954. The Bertz CT molecular complexity index is 1560. The third kappa shape index (κ3) is 3.00. The molecule has 2 aliphatic heterocycles. The fraction of sp³-hybridized carbons (Fsp3) is 0.412. The number of likely N-dealkylation sites (tertiary alicyclic amines) is 1. The van der Waals surface area contributed by atoms with Crippen molar-refractivity contribution in [1.82, 2.24) is 4.90 Å². The number of hydrogen-bond acceptors (Lipinski definition) is 6. The second-order valence-electron chi connectivity index (χ2n) is 12.8. The molecular formula is C34H33NO5S. The average molecular weight is 568 g/mol. The molecule has 3 aromatic rings. The molecule has 9 rings (SSSR count). The van der Waals surface area contributed by atoms with Crippen LogP contribution in [-0.2, 0) is 31.9 Å². The van der Waals surface area contributed by atoms with Crippen molar-refractivity contribution < 1.29 is 22.4 Å². The first-order valence-electron chi connectivity index (χ1n) is 14.8. The molecule has 8 atom stereocenters. The summed E-state index contributed by atoms with van der Waals surface area (Å²) in [7, 11) is 2.20. The number of aliphatic hydroxyl groups excluding tert-OH is 1. The van der Waals surface area contributed by atoms with E-state index in [0.29, 0.717) is 23.5 Å². The minimum Gasteiger partial charge on any atom is -0.482 e. The molecule has 1 N–H and O–H groups in total. The highest BCUT2D eigenvalue weighted by molar-refractivity contribution is 7.75. The van der Waals surface area contributed by atoms with Crippen molar-refractivity contribution in [2.75, 3.05) is 7.05 Å². The zero-order valence-corrected chi connectivity index (χ0v) is 23.8. The molecule has 4 aliphatic carbocycles. The van der Waals surface area contributed by atoms with Gasteiger partial charge in [0.05, 0.1) is 11.6 Å². The Labute approximate surface area is 242 Å².